The van der Waals surface area contributed by atoms with Gasteiger partial charge < -0.3 is 10.2 Å². The van der Waals surface area contributed by atoms with Crippen LogP contribution in [0.1, 0.15) is 23.8 Å². The van der Waals surface area contributed by atoms with Gasteiger partial charge in [-0.25, -0.2) is 9.37 Å². The minimum absolute atomic E-state index is 0. The van der Waals surface area contributed by atoms with Crippen LogP contribution in [-0.4, -0.2) is 35.2 Å². The lowest BCUT2D eigenvalue weighted by Gasteiger charge is -2.20. The molecule has 0 aromatic carbocycles. The smallest absolute Gasteiger partial charge is 0.208 e. The zero-order valence-corrected chi connectivity index (χ0v) is 13.4. The Morgan fingerprint density at radius 3 is 2.47 bits per heavy atom. The van der Waals surface area contributed by atoms with Gasteiger partial charge in [0.1, 0.15) is 11.9 Å². The Kier molecular flexibility index (Phi) is 10.0. The van der Waals surface area contributed by atoms with Crippen LogP contribution >= 0.6 is 37.2 Å². The Balaban J connectivity index is 0. The Bertz CT molecular complexity index is 359. The summed E-state index contributed by atoms with van der Waals surface area (Å²) in [6.45, 7) is 5.26. The largest absolute Gasteiger partial charge is 0.444 e. The summed E-state index contributed by atoms with van der Waals surface area (Å²) in [5.74, 6) is 1.48. The number of likely N-dealkylation sites (tertiary alicyclic amines) is 1. The molecule has 1 aliphatic heterocycles. The van der Waals surface area contributed by atoms with Crippen LogP contribution in [0.3, 0.4) is 0 Å². The molecule has 1 fully saturated rings. The highest BCUT2D eigenvalue weighted by Crippen LogP contribution is 2.22. The predicted octanol–water partition coefficient (Wildman–Crippen LogP) is 2.43. The molecule has 114 valence electrons. The van der Waals surface area contributed by atoms with Gasteiger partial charge in [0, 0.05) is 19.1 Å². The van der Waals surface area contributed by atoms with E-state index in [1.54, 1.807) is 0 Å². The van der Waals surface area contributed by atoms with Gasteiger partial charge in [0.15, 0.2) is 0 Å². The predicted molar refractivity (Wildman–Crippen MR) is 80.5 cm³/mol. The Morgan fingerprint density at radius 2 is 2.00 bits per heavy atom. The monoisotopic (exact) mass is 335 g/mol. The number of nitrogens with zero attached hydrogens (tertiary/aromatic N) is 2. The van der Waals surface area contributed by atoms with Crippen LogP contribution in [0.4, 0.5) is 4.39 Å². The second kappa shape index (κ2) is 8.97. The summed E-state index contributed by atoms with van der Waals surface area (Å²) in [5, 5.41) is 0. The first-order valence-electron chi connectivity index (χ1n) is 5.61. The summed E-state index contributed by atoms with van der Waals surface area (Å²) < 4.78 is 18.7. The molecule has 1 aromatic rings. The van der Waals surface area contributed by atoms with Crippen molar-refractivity contribution >= 4 is 37.2 Å². The first-order chi connectivity index (χ1) is 7.60. The maximum absolute atomic E-state index is 13.2. The van der Waals surface area contributed by atoms with E-state index in [1.807, 2.05) is 18.7 Å². The zero-order chi connectivity index (χ0) is 11.7. The maximum Gasteiger partial charge on any atom is 0.208 e. The van der Waals surface area contributed by atoms with Crippen LogP contribution in [0.25, 0.3) is 0 Å². The molecule has 2 rings (SSSR count). The van der Waals surface area contributed by atoms with Crippen LogP contribution in [0.5, 0.6) is 0 Å². The molecule has 2 heterocycles. The summed E-state index contributed by atoms with van der Waals surface area (Å²) >= 11 is 0. The number of oxazole rings is 1. The third-order valence-electron chi connectivity index (χ3n) is 3.16. The summed E-state index contributed by atoms with van der Waals surface area (Å²) in [6, 6.07) is 0.113. The van der Waals surface area contributed by atoms with E-state index in [2.05, 4.69) is 4.98 Å². The van der Waals surface area contributed by atoms with E-state index in [1.165, 1.54) is 0 Å². The first kappa shape index (κ1) is 21.2. The Labute approximate surface area is 131 Å². The second-order valence-electron chi connectivity index (χ2n) is 4.40. The standard InChI is InChI=1S/C11H18FN3O.3ClH/c1-7-8(2)16-11(14-7)6-15-5-9(12)3-10(15)4-13;;;/h9-10H,3-6,13H2,1-2H3;3*1H. The highest BCUT2D eigenvalue weighted by atomic mass is 35.5. The van der Waals surface area contributed by atoms with Gasteiger partial charge >= 0.3 is 0 Å². The van der Waals surface area contributed by atoms with Crippen LogP contribution in [-0.2, 0) is 6.54 Å². The topological polar surface area (TPSA) is 55.3 Å². The molecule has 0 bridgehead atoms. The molecule has 0 radical (unpaired) electrons. The van der Waals surface area contributed by atoms with Crippen LogP contribution in [0, 0.1) is 13.8 Å². The molecule has 1 aromatic heterocycles. The molecular formula is C11H21Cl3FN3O. The minimum Gasteiger partial charge on any atom is -0.444 e. The van der Waals surface area contributed by atoms with Gasteiger partial charge in [0.25, 0.3) is 0 Å². The summed E-state index contributed by atoms with van der Waals surface area (Å²) in [5.41, 5.74) is 6.51. The van der Waals surface area contributed by atoms with Crippen LogP contribution in [0.15, 0.2) is 4.42 Å². The molecule has 2 atom stereocenters. The van der Waals surface area contributed by atoms with Crippen molar-refractivity contribution in [2.75, 3.05) is 13.1 Å². The molecule has 2 N–H and O–H groups in total. The number of aryl methyl sites for hydroxylation is 2. The number of rotatable bonds is 3. The number of halogens is 4. The van der Waals surface area contributed by atoms with Crippen molar-refractivity contribution in [1.82, 2.24) is 9.88 Å². The van der Waals surface area contributed by atoms with E-state index in [0.717, 1.165) is 11.5 Å². The number of alkyl halides is 1. The van der Waals surface area contributed by atoms with Crippen molar-refractivity contribution in [3.8, 4) is 0 Å². The fraction of sp³-hybridized carbons (Fsp3) is 0.727. The van der Waals surface area contributed by atoms with Crippen molar-refractivity contribution in [1.29, 1.82) is 0 Å². The molecule has 1 aliphatic rings. The van der Waals surface area contributed by atoms with E-state index in [4.69, 9.17) is 10.2 Å². The van der Waals surface area contributed by atoms with Gasteiger partial charge in [-0.1, -0.05) is 0 Å². The minimum atomic E-state index is -0.772. The molecule has 0 saturated carbocycles. The van der Waals surface area contributed by atoms with Gasteiger partial charge in [0.2, 0.25) is 5.89 Å². The van der Waals surface area contributed by atoms with Gasteiger partial charge in [-0.15, -0.1) is 37.2 Å². The van der Waals surface area contributed by atoms with E-state index in [9.17, 15) is 4.39 Å². The number of nitrogens with two attached hydrogens (primary N) is 1. The molecule has 8 heteroatoms. The normalized spacial score (nSPS) is 22.3. The zero-order valence-electron chi connectivity index (χ0n) is 11.0. The quantitative estimate of drug-likeness (QED) is 0.921. The first-order valence-corrected chi connectivity index (χ1v) is 5.61. The van der Waals surface area contributed by atoms with Gasteiger partial charge in [0.05, 0.1) is 12.2 Å². The molecule has 0 amide bonds. The average molecular weight is 337 g/mol. The summed E-state index contributed by atoms with van der Waals surface area (Å²) in [6.07, 6.45) is -0.250. The van der Waals surface area contributed by atoms with Crippen molar-refractivity contribution in [3.05, 3.63) is 17.3 Å². The van der Waals surface area contributed by atoms with E-state index in [-0.39, 0.29) is 43.3 Å². The van der Waals surface area contributed by atoms with Crippen molar-refractivity contribution in [3.63, 3.8) is 0 Å². The summed E-state index contributed by atoms with van der Waals surface area (Å²) in [7, 11) is 0. The van der Waals surface area contributed by atoms with Crippen molar-refractivity contribution in [2.24, 2.45) is 5.73 Å². The number of hydrogen-bond acceptors (Lipinski definition) is 4. The van der Waals surface area contributed by atoms with Crippen LogP contribution < -0.4 is 5.73 Å². The SMILES string of the molecule is Cc1nc(CN2CC(F)CC2CN)oc1C.Cl.Cl.Cl. The second-order valence-corrected chi connectivity index (χ2v) is 4.40. The Morgan fingerprint density at radius 1 is 1.37 bits per heavy atom. The lowest BCUT2D eigenvalue weighted by Crippen LogP contribution is -2.35. The molecule has 0 aliphatic carbocycles. The van der Waals surface area contributed by atoms with E-state index < -0.39 is 6.17 Å². The summed E-state index contributed by atoms with van der Waals surface area (Å²) in [4.78, 5) is 6.31. The molecular weight excluding hydrogens is 315 g/mol. The molecule has 0 spiro atoms. The fourth-order valence-corrected chi connectivity index (χ4v) is 2.14. The van der Waals surface area contributed by atoms with Gasteiger partial charge in [-0.3, -0.25) is 4.90 Å². The highest BCUT2D eigenvalue weighted by Gasteiger charge is 2.31. The van der Waals surface area contributed by atoms with Crippen LogP contribution in [0.2, 0.25) is 0 Å². The molecule has 2 unspecified atom stereocenters. The lowest BCUT2D eigenvalue weighted by atomic mass is 10.2. The highest BCUT2D eigenvalue weighted by molar-refractivity contribution is 5.86. The third-order valence-corrected chi connectivity index (χ3v) is 3.16. The molecule has 4 nitrogen and oxygen atoms in total. The number of hydrogen-bond donors (Lipinski definition) is 1. The lowest BCUT2D eigenvalue weighted by molar-refractivity contribution is 0.215. The Hall–Kier alpha value is -0.0700. The van der Waals surface area contributed by atoms with Crippen molar-refractivity contribution in [2.45, 2.75) is 39.0 Å². The molecule has 19 heavy (non-hydrogen) atoms. The van der Waals surface area contributed by atoms with Gasteiger partial charge in [-0.2, -0.15) is 0 Å². The van der Waals surface area contributed by atoms with Gasteiger partial charge in [-0.05, 0) is 20.3 Å². The van der Waals surface area contributed by atoms with E-state index in [0.29, 0.717) is 31.9 Å². The maximum atomic E-state index is 13.2. The molecule has 1 saturated heterocycles. The third kappa shape index (κ3) is 5.08. The number of aromatic nitrogens is 1. The van der Waals surface area contributed by atoms with Crippen molar-refractivity contribution < 1.29 is 8.81 Å². The average Bonchev–Trinajstić information content (AvgIpc) is 2.72. The van der Waals surface area contributed by atoms with E-state index >= 15 is 0 Å². The fourth-order valence-electron chi connectivity index (χ4n) is 2.14.